The molecule has 0 unspecified atom stereocenters. The van der Waals surface area contributed by atoms with E-state index in [2.05, 4.69) is 10.7 Å². The monoisotopic (exact) mass is 191 g/mol. The molecule has 0 amide bonds. The van der Waals surface area contributed by atoms with Crippen LogP contribution in [0.5, 0.6) is 0 Å². The number of nitrogens with one attached hydrogen (secondary N) is 1. The lowest BCUT2D eigenvalue weighted by Crippen LogP contribution is -2.50. The quantitative estimate of drug-likeness (QED) is 0.677. The first kappa shape index (κ1) is 8.52. The van der Waals surface area contributed by atoms with E-state index in [1.165, 1.54) is 11.3 Å². The van der Waals surface area contributed by atoms with Gasteiger partial charge in [-0.05, 0) is 17.4 Å². The van der Waals surface area contributed by atoms with E-state index in [1.54, 1.807) is 0 Å². The minimum absolute atomic E-state index is 0.610. The van der Waals surface area contributed by atoms with Gasteiger partial charge in [0, 0.05) is 0 Å². The van der Waals surface area contributed by atoms with Gasteiger partial charge in [0.05, 0.1) is 9.91 Å². The second kappa shape index (κ2) is 3.71. The van der Waals surface area contributed by atoms with Gasteiger partial charge in [-0.2, -0.15) is 0 Å². The van der Waals surface area contributed by atoms with Gasteiger partial charge >= 0.3 is 5.13 Å². The van der Waals surface area contributed by atoms with Crippen molar-refractivity contribution in [1.29, 1.82) is 0 Å². The summed E-state index contributed by atoms with van der Waals surface area (Å²) in [4.78, 5) is 3.89. The van der Waals surface area contributed by atoms with Crippen LogP contribution in [0.2, 0.25) is 0 Å². The van der Waals surface area contributed by atoms with Crippen molar-refractivity contribution in [1.82, 2.24) is 0 Å². The molecule has 60 valence electrons. The summed E-state index contributed by atoms with van der Waals surface area (Å²) in [5, 5.41) is 1.42. The van der Waals surface area contributed by atoms with Crippen LogP contribution < -0.4 is 16.5 Å². The number of anilines is 1. The third-order valence-electron chi connectivity index (χ3n) is 1.12. The molecule has 1 heterocycles. The van der Waals surface area contributed by atoms with Gasteiger partial charge < -0.3 is 5.73 Å². The SMILES string of the molecule is Nc1[nH+]cc(/C=C(\Cl)C[NH3+])s1. The molecule has 0 fully saturated rings. The standard InChI is InChI=1S/C6H8ClN3S/c7-4(2-8)1-5-3-10-6(9)11-5/h1,3H,2,8H2,(H2,9,10)/p+2/b4-1-. The molecule has 0 bridgehead atoms. The van der Waals surface area contributed by atoms with Crippen LogP contribution in [0, 0.1) is 0 Å². The number of aromatic amines is 1. The highest BCUT2D eigenvalue weighted by molar-refractivity contribution is 7.15. The fourth-order valence-electron chi connectivity index (χ4n) is 0.626. The molecule has 0 aromatic carbocycles. The highest BCUT2D eigenvalue weighted by Crippen LogP contribution is 2.15. The number of nitrogens with two attached hydrogens (primary N) is 1. The summed E-state index contributed by atoms with van der Waals surface area (Å²) in [6.07, 6.45) is 3.67. The Balaban J connectivity index is 2.78. The van der Waals surface area contributed by atoms with Crippen LogP contribution >= 0.6 is 22.9 Å². The molecule has 6 N–H and O–H groups in total. The number of nitrogen functional groups attached to an aromatic ring is 1. The number of thiazole rings is 1. The van der Waals surface area contributed by atoms with Crippen molar-refractivity contribution in [3.8, 4) is 0 Å². The maximum absolute atomic E-state index is 5.76. The molecule has 0 aliphatic heterocycles. The minimum atomic E-state index is 0.610. The van der Waals surface area contributed by atoms with Crippen LogP contribution in [0.3, 0.4) is 0 Å². The molecular formula is C6H10ClN3S+2. The summed E-state index contributed by atoms with van der Waals surface area (Å²) in [5.74, 6) is 0. The zero-order chi connectivity index (χ0) is 8.27. The first-order valence-electron chi connectivity index (χ1n) is 3.14. The topological polar surface area (TPSA) is 67.8 Å². The van der Waals surface area contributed by atoms with Crippen LogP contribution in [0.25, 0.3) is 6.08 Å². The highest BCUT2D eigenvalue weighted by atomic mass is 35.5. The largest absolute Gasteiger partial charge is 0.353 e. The number of hydrogen-bond acceptors (Lipinski definition) is 2. The fourth-order valence-corrected chi connectivity index (χ4v) is 1.50. The average molecular weight is 192 g/mol. The van der Waals surface area contributed by atoms with Crippen molar-refractivity contribution in [2.45, 2.75) is 0 Å². The minimum Gasteiger partial charge on any atom is -0.353 e. The Morgan fingerprint density at radius 1 is 1.91 bits per heavy atom. The van der Waals surface area contributed by atoms with Gasteiger partial charge in [-0.3, -0.25) is 5.73 Å². The normalized spacial score (nSPS) is 12.0. The van der Waals surface area contributed by atoms with E-state index in [0.717, 1.165) is 9.91 Å². The smallest absolute Gasteiger partial charge is 0.329 e. The van der Waals surface area contributed by atoms with Crippen LogP contribution in [0.4, 0.5) is 5.13 Å². The van der Waals surface area contributed by atoms with Crippen LogP contribution in [0.15, 0.2) is 11.2 Å². The number of halogens is 1. The number of rotatable bonds is 2. The molecule has 1 aromatic heterocycles. The van der Waals surface area contributed by atoms with E-state index in [9.17, 15) is 0 Å². The lowest BCUT2D eigenvalue weighted by Gasteiger charge is -1.84. The van der Waals surface area contributed by atoms with Gasteiger partial charge in [-0.25, -0.2) is 4.98 Å². The lowest BCUT2D eigenvalue weighted by atomic mass is 10.4. The summed E-state index contributed by atoms with van der Waals surface area (Å²) in [6.45, 7) is 0.610. The molecule has 5 heteroatoms. The van der Waals surface area contributed by atoms with E-state index in [0.29, 0.717) is 11.7 Å². The first-order chi connectivity index (χ1) is 5.22. The van der Waals surface area contributed by atoms with E-state index in [-0.39, 0.29) is 0 Å². The van der Waals surface area contributed by atoms with Gasteiger partial charge in [-0.15, -0.1) is 0 Å². The zero-order valence-electron chi connectivity index (χ0n) is 5.93. The lowest BCUT2D eigenvalue weighted by molar-refractivity contribution is -0.354. The average Bonchev–Trinajstić information content (AvgIpc) is 2.35. The summed E-state index contributed by atoms with van der Waals surface area (Å²) in [5.41, 5.74) is 9.12. The molecule has 0 aliphatic rings. The predicted molar refractivity (Wildman–Crippen MR) is 46.9 cm³/mol. The maximum atomic E-state index is 5.76. The first-order valence-corrected chi connectivity index (χ1v) is 4.34. The summed E-state index contributed by atoms with van der Waals surface area (Å²) in [7, 11) is 0. The van der Waals surface area contributed by atoms with Gasteiger partial charge in [0.2, 0.25) is 0 Å². The molecule has 3 nitrogen and oxygen atoms in total. The molecule has 0 atom stereocenters. The van der Waals surface area contributed by atoms with Crippen molar-refractivity contribution in [3.05, 3.63) is 16.1 Å². The molecular weight excluding hydrogens is 182 g/mol. The number of H-pyrrole nitrogens is 1. The number of aromatic nitrogens is 1. The van der Waals surface area contributed by atoms with Crippen molar-refractivity contribution < 1.29 is 10.7 Å². The molecule has 0 saturated carbocycles. The third kappa shape index (κ3) is 2.49. The molecule has 0 radical (unpaired) electrons. The molecule has 0 saturated heterocycles. The summed E-state index contributed by atoms with van der Waals surface area (Å²) in [6, 6.07) is 0. The Morgan fingerprint density at radius 3 is 3.09 bits per heavy atom. The molecule has 1 aromatic rings. The zero-order valence-corrected chi connectivity index (χ0v) is 7.50. The second-order valence-corrected chi connectivity index (χ2v) is 3.60. The van der Waals surface area contributed by atoms with E-state index in [4.69, 9.17) is 17.3 Å². The van der Waals surface area contributed by atoms with E-state index >= 15 is 0 Å². The fraction of sp³-hybridized carbons (Fsp3) is 0.167. The highest BCUT2D eigenvalue weighted by Gasteiger charge is 2.00. The Bertz CT molecular complexity index is 269. The van der Waals surface area contributed by atoms with Crippen LogP contribution in [-0.2, 0) is 0 Å². The van der Waals surface area contributed by atoms with Gasteiger partial charge in [0.1, 0.15) is 12.7 Å². The van der Waals surface area contributed by atoms with Gasteiger partial charge in [-0.1, -0.05) is 11.6 Å². The molecule has 11 heavy (non-hydrogen) atoms. The molecule has 0 aliphatic carbocycles. The maximum Gasteiger partial charge on any atom is 0.329 e. The van der Waals surface area contributed by atoms with Crippen molar-refractivity contribution in [2.24, 2.45) is 0 Å². The number of quaternary nitrogens is 1. The van der Waals surface area contributed by atoms with E-state index < -0.39 is 0 Å². The Kier molecular flexibility index (Phi) is 2.87. The van der Waals surface area contributed by atoms with Gasteiger partial charge in [0.25, 0.3) is 0 Å². The second-order valence-electron chi connectivity index (χ2n) is 2.00. The Hall–Kier alpha value is -0.580. The third-order valence-corrected chi connectivity index (χ3v) is 2.23. The summed E-state index contributed by atoms with van der Waals surface area (Å²) < 4.78 is 0. The van der Waals surface area contributed by atoms with Crippen LogP contribution in [-0.4, -0.2) is 6.54 Å². The van der Waals surface area contributed by atoms with Crippen LogP contribution in [0.1, 0.15) is 4.88 Å². The number of hydrogen-bond donors (Lipinski definition) is 2. The predicted octanol–water partition coefficient (Wildman–Crippen LogP) is -0.0340. The van der Waals surface area contributed by atoms with E-state index in [1.807, 2.05) is 12.3 Å². The summed E-state index contributed by atoms with van der Waals surface area (Å²) >= 11 is 7.22. The Labute approximate surface area is 73.7 Å². The Morgan fingerprint density at radius 2 is 2.64 bits per heavy atom. The van der Waals surface area contributed by atoms with Crippen molar-refractivity contribution >= 4 is 34.1 Å². The molecule has 0 spiro atoms. The van der Waals surface area contributed by atoms with Crippen molar-refractivity contribution in [2.75, 3.05) is 12.3 Å². The van der Waals surface area contributed by atoms with Gasteiger partial charge in [0.15, 0.2) is 0 Å². The molecule has 1 rings (SSSR count). The van der Waals surface area contributed by atoms with Crippen molar-refractivity contribution in [3.63, 3.8) is 0 Å².